The summed E-state index contributed by atoms with van der Waals surface area (Å²) in [5.41, 5.74) is 1.33. The number of benzene rings is 1. The molecule has 0 spiro atoms. The van der Waals surface area contributed by atoms with Crippen LogP contribution in [0.2, 0.25) is 0 Å². The van der Waals surface area contributed by atoms with Crippen LogP contribution in [0.5, 0.6) is 0 Å². The van der Waals surface area contributed by atoms with E-state index in [1.165, 1.54) is 5.56 Å². The van der Waals surface area contributed by atoms with E-state index in [1.807, 2.05) is 6.07 Å². The lowest BCUT2D eigenvalue weighted by molar-refractivity contribution is 0.135. The Morgan fingerprint density at radius 1 is 1.00 bits per heavy atom. The van der Waals surface area contributed by atoms with Crippen LogP contribution < -0.4 is 5.32 Å². The van der Waals surface area contributed by atoms with Crippen LogP contribution in [-0.4, -0.2) is 40.0 Å². The molecule has 1 N–H and O–H groups in total. The van der Waals surface area contributed by atoms with Gasteiger partial charge in [-0.15, -0.1) is 0 Å². The summed E-state index contributed by atoms with van der Waals surface area (Å²) in [5.74, 6) is 0. The monoisotopic (exact) mass is 223 g/mol. The van der Waals surface area contributed by atoms with Crippen molar-refractivity contribution in [2.75, 3.05) is 40.0 Å². The van der Waals surface area contributed by atoms with Crippen LogP contribution in [0.25, 0.3) is 0 Å². The minimum Gasteiger partial charge on any atom is -0.383 e. The Morgan fingerprint density at radius 3 is 2.50 bits per heavy atom. The van der Waals surface area contributed by atoms with E-state index in [2.05, 4.69) is 29.6 Å². The molecule has 1 aromatic rings. The predicted octanol–water partition coefficient (Wildman–Crippen LogP) is 1.48. The summed E-state index contributed by atoms with van der Waals surface area (Å²) in [4.78, 5) is 0. The highest BCUT2D eigenvalue weighted by Crippen LogP contribution is 1.99. The van der Waals surface area contributed by atoms with Crippen LogP contribution in [0.3, 0.4) is 0 Å². The van der Waals surface area contributed by atoms with E-state index in [0.717, 1.165) is 39.3 Å². The largest absolute Gasteiger partial charge is 0.383 e. The van der Waals surface area contributed by atoms with Crippen LogP contribution in [0, 0.1) is 0 Å². The maximum Gasteiger partial charge on any atom is 0.0591 e. The van der Waals surface area contributed by atoms with E-state index in [-0.39, 0.29) is 0 Å². The van der Waals surface area contributed by atoms with Crippen LogP contribution in [0.15, 0.2) is 30.3 Å². The second-order valence-corrected chi connectivity index (χ2v) is 3.59. The molecule has 3 nitrogen and oxygen atoms in total. The molecule has 0 unspecified atom stereocenters. The van der Waals surface area contributed by atoms with E-state index in [4.69, 9.17) is 9.47 Å². The van der Waals surface area contributed by atoms with E-state index in [0.29, 0.717) is 0 Å². The Balaban J connectivity index is 1.89. The zero-order chi connectivity index (χ0) is 11.5. The van der Waals surface area contributed by atoms with Crippen molar-refractivity contribution in [1.29, 1.82) is 0 Å². The molecular weight excluding hydrogens is 202 g/mol. The first-order valence-corrected chi connectivity index (χ1v) is 5.75. The fraction of sp³-hybridized carbons (Fsp3) is 0.538. The molecule has 0 saturated heterocycles. The summed E-state index contributed by atoms with van der Waals surface area (Å²) < 4.78 is 10.4. The van der Waals surface area contributed by atoms with Gasteiger partial charge < -0.3 is 14.8 Å². The molecule has 0 saturated carbocycles. The molecule has 90 valence electrons. The molecule has 0 aliphatic heterocycles. The number of rotatable bonds is 9. The number of methoxy groups -OCH3 is 1. The molecule has 0 amide bonds. The minimum absolute atomic E-state index is 0.754. The van der Waals surface area contributed by atoms with Crippen molar-refractivity contribution < 1.29 is 9.47 Å². The fourth-order valence-electron chi connectivity index (χ4n) is 1.38. The van der Waals surface area contributed by atoms with Crippen LogP contribution in [0.1, 0.15) is 5.56 Å². The van der Waals surface area contributed by atoms with Gasteiger partial charge in [0.15, 0.2) is 0 Å². The number of ether oxygens (including phenoxy) is 2. The first-order valence-electron chi connectivity index (χ1n) is 5.75. The van der Waals surface area contributed by atoms with E-state index >= 15 is 0 Å². The van der Waals surface area contributed by atoms with Crippen molar-refractivity contribution in [2.24, 2.45) is 0 Å². The molecule has 1 aromatic carbocycles. The van der Waals surface area contributed by atoms with Gasteiger partial charge in [-0.25, -0.2) is 0 Å². The minimum atomic E-state index is 0.754. The number of nitrogens with one attached hydrogen (secondary N) is 1. The van der Waals surface area contributed by atoms with Crippen LogP contribution in [0.4, 0.5) is 0 Å². The van der Waals surface area contributed by atoms with Gasteiger partial charge in [0.2, 0.25) is 0 Å². The molecule has 0 aliphatic carbocycles. The van der Waals surface area contributed by atoms with Crippen molar-refractivity contribution in [3.8, 4) is 0 Å². The van der Waals surface area contributed by atoms with Crippen LogP contribution >= 0.6 is 0 Å². The highest BCUT2D eigenvalue weighted by molar-refractivity contribution is 5.14. The Kier molecular flexibility index (Phi) is 7.68. The van der Waals surface area contributed by atoms with Crippen LogP contribution in [-0.2, 0) is 15.9 Å². The summed E-state index contributed by atoms with van der Waals surface area (Å²) in [6.45, 7) is 4.08. The normalized spacial score (nSPS) is 10.6. The highest BCUT2D eigenvalue weighted by atomic mass is 16.5. The third-order valence-electron chi connectivity index (χ3n) is 2.28. The Bertz CT molecular complexity index is 251. The zero-order valence-electron chi connectivity index (χ0n) is 9.95. The molecule has 0 bridgehead atoms. The highest BCUT2D eigenvalue weighted by Gasteiger charge is 1.92. The second-order valence-electron chi connectivity index (χ2n) is 3.59. The van der Waals surface area contributed by atoms with Gasteiger partial charge in [0.05, 0.1) is 19.8 Å². The smallest absolute Gasteiger partial charge is 0.0591 e. The molecule has 3 heteroatoms. The average Bonchev–Trinajstić information content (AvgIpc) is 2.34. The van der Waals surface area contributed by atoms with Crippen molar-refractivity contribution >= 4 is 0 Å². The molecule has 0 fully saturated rings. The van der Waals surface area contributed by atoms with Crippen molar-refractivity contribution in [3.05, 3.63) is 35.9 Å². The predicted molar refractivity (Wildman–Crippen MR) is 65.7 cm³/mol. The third kappa shape index (κ3) is 6.56. The molecule has 0 atom stereocenters. The van der Waals surface area contributed by atoms with E-state index in [1.54, 1.807) is 7.11 Å². The Morgan fingerprint density at radius 2 is 1.75 bits per heavy atom. The SMILES string of the molecule is COCCNCCOCCc1ccccc1. The zero-order valence-corrected chi connectivity index (χ0v) is 9.95. The van der Waals surface area contributed by atoms with Gasteiger partial charge in [0.25, 0.3) is 0 Å². The third-order valence-corrected chi connectivity index (χ3v) is 2.28. The number of hydrogen-bond donors (Lipinski definition) is 1. The lowest BCUT2D eigenvalue weighted by Crippen LogP contribution is -2.23. The lowest BCUT2D eigenvalue weighted by Gasteiger charge is -2.05. The molecule has 0 radical (unpaired) electrons. The molecular formula is C13H21NO2. The maximum atomic E-state index is 5.51. The van der Waals surface area contributed by atoms with Gasteiger partial charge >= 0.3 is 0 Å². The van der Waals surface area contributed by atoms with Gasteiger partial charge in [-0.05, 0) is 12.0 Å². The molecule has 0 heterocycles. The van der Waals surface area contributed by atoms with Crippen molar-refractivity contribution in [1.82, 2.24) is 5.32 Å². The summed E-state index contributed by atoms with van der Waals surface area (Å²) in [7, 11) is 1.71. The standard InChI is InChI=1S/C13H21NO2/c1-15-11-8-14-9-12-16-10-7-13-5-3-2-4-6-13/h2-6,14H,7-12H2,1H3. The van der Waals surface area contributed by atoms with Gasteiger partial charge in [-0.1, -0.05) is 30.3 Å². The second kappa shape index (κ2) is 9.33. The fourth-order valence-corrected chi connectivity index (χ4v) is 1.38. The Hall–Kier alpha value is -0.900. The van der Waals surface area contributed by atoms with Crippen molar-refractivity contribution in [2.45, 2.75) is 6.42 Å². The first-order chi connectivity index (χ1) is 7.93. The number of hydrogen-bond acceptors (Lipinski definition) is 3. The maximum absolute atomic E-state index is 5.51. The Labute approximate surface area is 97.8 Å². The van der Waals surface area contributed by atoms with Crippen molar-refractivity contribution in [3.63, 3.8) is 0 Å². The van der Waals surface area contributed by atoms with Gasteiger partial charge in [0, 0.05) is 20.2 Å². The molecule has 16 heavy (non-hydrogen) atoms. The van der Waals surface area contributed by atoms with E-state index in [9.17, 15) is 0 Å². The quantitative estimate of drug-likeness (QED) is 0.643. The summed E-state index contributed by atoms with van der Waals surface area (Å²) in [5, 5.41) is 3.23. The molecule has 0 aliphatic rings. The average molecular weight is 223 g/mol. The van der Waals surface area contributed by atoms with Gasteiger partial charge in [-0.3, -0.25) is 0 Å². The molecule has 0 aromatic heterocycles. The molecule has 1 rings (SSSR count). The van der Waals surface area contributed by atoms with Gasteiger partial charge in [0.1, 0.15) is 0 Å². The first kappa shape index (κ1) is 13.2. The topological polar surface area (TPSA) is 30.5 Å². The lowest BCUT2D eigenvalue weighted by atomic mass is 10.2. The summed E-state index contributed by atoms with van der Waals surface area (Å²) in [6.07, 6.45) is 0.985. The van der Waals surface area contributed by atoms with E-state index < -0.39 is 0 Å². The summed E-state index contributed by atoms with van der Waals surface area (Å²) >= 11 is 0. The summed E-state index contributed by atoms with van der Waals surface area (Å²) in [6, 6.07) is 10.4. The van der Waals surface area contributed by atoms with Gasteiger partial charge in [-0.2, -0.15) is 0 Å².